The first kappa shape index (κ1) is 15.4. The van der Waals surface area contributed by atoms with Gasteiger partial charge in [-0.2, -0.15) is 0 Å². The number of nitrogens with one attached hydrogen (secondary N) is 1. The molecule has 3 aromatic rings. The Morgan fingerprint density at radius 3 is 2.68 bits per heavy atom. The third-order valence-corrected chi connectivity index (χ3v) is 4.85. The Hall–Kier alpha value is -3.13. The summed E-state index contributed by atoms with van der Waals surface area (Å²) in [6.07, 6.45) is 0. The van der Waals surface area contributed by atoms with Gasteiger partial charge in [0.1, 0.15) is 13.2 Å². The van der Waals surface area contributed by atoms with Gasteiger partial charge in [-0.1, -0.05) is 0 Å². The molecule has 0 fully saturated rings. The van der Waals surface area contributed by atoms with E-state index in [0.29, 0.717) is 40.7 Å². The number of amides is 1. The second kappa shape index (κ2) is 6.06. The van der Waals surface area contributed by atoms with Crippen molar-refractivity contribution in [1.29, 1.82) is 0 Å². The van der Waals surface area contributed by atoms with Gasteiger partial charge in [-0.05, 0) is 24.3 Å². The molecule has 0 unspecified atom stereocenters. The molecule has 0 aliphatic carbocycles. The van der Waals surface area contributed by atoms with E-state index >= 15 is 0 Å². The van der Waals surface area contributed by atoms with Crippen molar-refractivity contribution in [3.63, 3.8) is 0 Å². The molecule has 1 aromatic heterocycles. The summed E-state index contributed by atoms with van der Waals surface area (Å²) in [5, 5.41) is 14.3. The van der Waals surface area contributed by atoms with Gasteiger partial charge in [0.2, 0.25) is 0 Å². The highest BCUT2D eigenvalue weighted by Gasteiger charge is 2.16. The number of fused-ring (bicyclic) bond motifs is 2. The van der Waals surface area contributed by atoms with Gasteiger partial charge in [0, 0.05) is 34.0 Å². The zero-order chi connectivity index (χ0) is 17.4. The van der Waals surface area contributed by atoms with Gasteiger partial charge < -0.3 is 14.8 Å². The van der Waals surface area contributed by atoms with Crippen LogP contribution in [0.3, 0.4) is 0 Å². The summed E-state index contributed by atoms with van der Waals surface area (Å²) >= 11 is 1.28. The number of anilines is 1. The monoisotopic (exact) mass is 356 g/mol. The normalized spacial score (nSPS) is 12.8. The summed E-state index contributed by atoms with van der Waals surface area (Å²) in [4.78, 5) is 23.3. The van der Waals surface area contributed by atoms with Crippen molar-refractivity contribution in [2.24, 2.45) is 0 Å². The number of hydrogen-bond acceptors (Lipinski definition) is 6. The summed E-state index contributed by atoms with van der Waals surface area (Å²) in [7, 11) is 0. The Labute approximate surface area is 145 Å². The molecule has 1 aliphatic rings. The molecule has 25 heavy (non-hydrogen) atoms. The van der Waals surface area contributed by atoms with E-state index in [2.05, 4.69) is 5.32 Å². The second-order valence-electron chi connectivity index (χ2n) is 5.40. The van der Waals surface area contributed by atoms with E-state index in [1.807, 2.05) is 0 Å². The number of benzene rings is 2. The highest BCUT2D eigenvalue weighted by Crippen LogP contribution is 2.33. The Kier molecular flexibility index (Phi) is 3.73. The SMILES string of the molecule is O=C(Nc1ccc2c(c1)OCCO2)c1cc2cc([N+](=O)[O-])ccc2s1. The van der Waals surface area contributed by atoms with E-state index in [9.17, 15) is 14.9 Å². The zero-order valence-electron chi connectivity index (χ0n) is 12.9. The predicted octanol–water partition coefficient (Wildman–Crippen LogP) is 3.83. The average Bonchev–Trinajstić information content (AvgIpc) is 3.05. The highest BCUT2D eigenvalue weighted by molar-refractivity contribution is 7.20. The van der Waals surface area contributed by atoms with Crippen molar-refractivity contribution < 1.29 is 19.2 Å². The lowest BCUT2D eigenvalue weighted by atomic mass is 10.2. The van der Waals surface area contributed by atoms with Crippen LogP contribution >= 0.6 is 11.3 Å². The van der Waals surface area contributed by atoms with Crippen LogP contribution in [0.2, 0.25) is 0 Å². The summed E-state index contributed by atoms with van der Waals surface area (Å²) < 4.78 is 11.8. The Bertz CT molecular complexity index is 998. The Morgan fingerprint density at radius 1 is 1.08 bits per heavy atom. The maximum Gasteiger partial charge on any atom is 0.270 e. The van der Waals surface area contributed by atoms with E-state index in [-0.39, 0.29) is 11.6 Å². The van der Waals surface area contributed by atoms with Gasteiger partial charge in [0.05, 0.1) is 9.80 Å². The third-order valence-electron chi connectivity index (χ3n) is 3.73. The topological polar surface area (TPSA) is 90.7 Å². The fourth-order valence-electron chi connectivity index (χ4n) is 2.57. The van der Waals surface area contributed by atoms with E-state index in [1.165, 1.54) is 23.5 Å². The first-order chi connectivity index (χ1) is 12.1. The minimum atomic E-state index is -0.452. The molecular weight excluding hydrogens is 344 g/mol. The van der Waals surface area contributed by atoms with Crippen molar-refractivity contribution in [2.75, 3.05) is 18.5 Å². The molecule has 4 rings (SSSR count). The standard InChI is InChI=1S/C17H12N2O5S/c20-17(18-11-1-3-13-14(9-11)24-6-5-23-13)16-8-10-7-12(19(21)22)2-4-15(10)25-16/h1-4,7-9H,5-6H2,(H,18,20). The van der Waals surface area contributed by atoms with Gasteiger partial charge >= 0.3 is 0 Å². The van der Waals surface area contributed by atoms with Gasteiger partial charge in [-0.25, -0.2) is 0 Å². The lowest BCUT2D eigenvalue weighted by molar-refractivity contribution is -0.384. The first-order valence-corrected chi connectivity index (χ1v) is 8.31. The number of nitro groups is 1. The van der Waals surface area contributed by atoms with Crippen LogP contribution in [0.1, 0.15) is 9.67 Å². The number of ether oxygens (including phenoxy) is 2. The number of carbonyl (C=O) groups is 1. The molecule has 1 aliphatic heterocycles. The van der Waals surface area contributed by atoms with E-state index < -0.39 is 4.92 Å². The number of nitro benzene ring substituents is 1. The molecular formula is C17H12N2O5S. The molecule has 8 heteroatoms. The third kappa shape index (κ3) is 2.99. The van der Waals surface area contributed by atoms with Crippen molar-refractivity contribution in [2.45, 2.75) is 0 Å². The van der Waals surface area contributed by atoms with E-state index in [4.69, 9.17) is 9.47 Å². The Balaban J connectivity index is 1.58. The molecule has 0 bridgehead atoms. The predicted molar refractivity (Wildman–Crippen MR) is 93.9 cm³/mol. The van der Waals surface area contributed by atoms with Crippen LogP contribution in [0.15, 0.2) is 42.5 Å². The quantitative estimate of drug-likeness (QED) is 0.569. The van der Waals surface area contributed by atoms with Crippen LogP contribution in [0.25, 0.3) is 10.1 Å². The molecule has 0 spiro atoms. The lowest BCUT2D eigenvalue weighted by Crippen LogP contribution is -2.16. The van der Waals surface area contributed by atoms with Crippen LogP contribution < -0.4 is 14.8 Å². The molecule has 1 amide bonds. The van der Waals surface area contributed by atoms with Crippen LogP contribution in [-0.4, -0.2) is 24.0 Å². The molecule has 0 radical (unpaired) electrons. The van der Waals surface area contributed by atoms with Gasteiger partial charge in [-0.3, -0.25) is 14.9 Å². The summed E-state index contributed by atoms with van der Waals surface area (Å²) in [6, 6.07) is 11.4. The van der Waals surface area contributed by atoms with Crippen LogP contribution in [0.4, 0.5) is 11.4 Å². The van der Waals surface area contributed by atoms with Crippen molar-refractivity contribution in [3.8, 4) is 11.5 Å². The number of rotatable bonds is 3. The molecule has 7 nitrogen and oxygen atoms in total. The van der Waals surface area contributed by atoms with E-state index in [1.54, 1.807) is 30.3 Å². The lowest BCUT2D eigenvalue weighted by Gasteiger charge is -2.18. The number of non-ortho nitro benzene ring substituents is 1. The molecule has 0 saturated carbocycles. The number of hydrogen-bond donors (Lipinski definition) is 1. The number of carbonyl (C=O) groups excluding carboxylic acids is 1. The zero-order valence-corrected chi connectivity index (χ0v) is 13.7. The van der Waals surface area contributed by atoms with Gasteiger partial charge in [-0.15, -0.1) is 11.3 Å². The van der Waals surface area contributed by atoms with Crippen molar-refractivity contribution in [3.05, 3.63) is 57.5 Å². The summed E-state index contributed by atoms with van der Waals surface area (Å²) in [5.41, 5.74) is 0.599. The largest absolute Gasteiger partial charge is 0.486 e. The maximum absolute atomic E-state index is 12.5. The summed E-state index contributed by atoms with van der Waals surface area (Å²) in [5.74, 6) is 0.968. The molecule has 126 valence electrons. The van der Waals surface area contributed by atoms with Gasteiger partial charge in [0.15, 0.2) is 11.5 Å². The minimum absolute atomic E-state index is 0.00379. The van der Waals surface area contributed by atoms with Crippen molar-refractivity contribution >= 4 is 38.7 Å². The molecule has 2 heterocycles. The van der Waals surface area contributed by atoms with Crippen LogP contribution in [0, 0.1) is 10.1 Å². The molecule has 2 aromatic carbocycles. The molecule has 0 saturated heterocycles. The fourth-order valence-corrected chi connectivity index (χ4v) is 3.51. The second-order valence-corrected chi connectivity index (χ2v) is 6.49. The summed E-state index contributed by atoms with van der Waals surface area (Å²) in [6.45, 7) is 0.978. The number of nitrogens with zero attached hydrogens (tertiary/aromatic N) is 1. The highest BCUT2D eigenvalue weighted by atomic mass is 32.1. The number of thiophene rings is 1. The van der Waals surface area contributed by atoms with Crippen LogP contribution in [0.5, 0.6) is 11.5 Å². The fraction of sp³-hybridized carbons (Fsp3) is 0.118. The maximum atomic E-state index is 12.5. The first-order valence-electron chi connectivity index (χ1n) is 7.49. The molecule has 0 atom stereocenters. The van der Waals surface area contributed by atoms with Crippen molar-refractivity contribution in [1.82, 2.24) is 0 Å². The van der Waals surface area contributed by atoms with Gasteiger partial charge in [0.25, 0.3) is 11.6 Å². The average molecular weight is 356 g/mol. The van der Waals surface area contributed by atoms with E-state index in [0.717, 1.165) is 4.70 Å². The minimum Gasteiger partial charge on any atom is -0.486 e. The smallest absolute Gasteiger partial charge is 0.270 e. The Morgan fingerprint density at radius 2 is 1.88 bits per heavy atom. The van der Waals surface area contributed by atoms with Crippen LogP contribution in [-0.2, 0) is 0 Å². The molecule has 1 N–H and O–H groups in total.